The highest BCUT2D eigenvalue weighted by atomic mass is 32.2. The summed E-state index contributed by atoms with van der Waals surface area (Å²) in [4.78, 5) is 12.1. The fourth-order valence-corrected chi connectivity index (χ4v) is 6.10. The molecule has 3 rings (SSSR count). The van der Waals surface area contributed by atoms with Gasteiger partial charge in [-0.1, -0.05) is 6.42 Å². The number of sulfone groups is 1. The third-order valence-corrected chi connectivity index (χ3v) is 7.18. The predicted octanol–water partition coefficient (Wildman–Crippen LogP) is 1.36. The Labute approximate surface area is 115 Å². The minimum Gasteiger partial charge on any atom is -0.353 e. The summed E-state index contributed by atoms with van der Waals surface area (Å²) in [6.07, 6.45) is 5.76. The van der Waals surface area contributed by atoms with Gasteiger partial charge in [-0.2, -0.15) is 0 Å². The van der Waals surface area contributed by atoms with Gasteiger partial charge < -0.3 is 5.32 Å². The van der Waals surface area contributed by atoms with Gasteiger partial charge in [0.1, 0.15) is 0 Å². The van der Waals surface area contributed by atoms with Gasteiger partial charge >= 0.3 is 0 Å². The smallest absolute Gasteiger partial charge is 0.224 e. The number of fused-ring (bicyclic) bond motifs is 2. The summed E-state index contributed by atoms with van der Waals surface area (Å²) in [7, 11) is -2.96. The van der Waals surface area contributed by atoms with Gasteiger partial charge in [-0.05, 0) is 50.4 Å². The van der Waals surface area contributed by atoms with Gasteiger partial charge in [0.2, 0.25) is 5.91 Å². The first-order valence-electron chi connectivity index (χ1n) is 7.45. The SMILES string of the molecule is CC(NC(=O)C1CCS(=O)(=O)C1)C1CC2CCC1C2. The fourth-order valence-electron chi connectivity index (χ4n) is 4.36. The molecule has 0 spiro atoms. The molecule has 2 bridgehead atoms. The molecule has 3 aliphatic rings. The van der Waals surface area contributed by atoms with Crippen molar-refractivity contribution in [2.24, 2.45) is 23.7 Å². The molecule has 4 nitrogen and oxygen atoms in total. The first-order chi connectivity index (χ1) is 8.94. The summed E-state index contributed by atoms with van der Waals surface area (Å²) in [5.74, 6) is 2.13. The Bertz CT molecular complexity index is 473. The zero-order chi connectivity index (χ0) is 13.6. The Hall–Kier alpha value is -0.580. The van der Waals surface area contributed by atoms with E-state index in [-0.39, 0.29) is 29.4 Å². The molecule has 1 N–H and O–H groups in total. The predicted molar refractivity (Wildman–Crippen MR) is 73.3 cm³/mol. The Kier molecular flexibility index (Phi) is 3.36. The molecule has 1 saturated heterocycles. The number of rotatable bonds is 3. The van der Waals surface area contributed by atoms with Gasteiger partial charge in [0.05, 0.1) is 17.4 Å². The average Bonchev–Trinajstić information content (AvgIpc) is 3.02. The molecule has 5 unspecified atom stereocenters. The van der Waals surface area contributed by atoms with Crippen molar-refractivity contribution in [2.75, 3.05) is 11.5 Å². The molecule has 1 amide bonds. The van der Waals surface area contributed by atoms with Crippen molar-refractivity contribution in [1.82, 2.24) is 5.32 Å². The van der Waals surface area contributed by atoms with E-state index in [0.29, 0.717) is 12.3 Å². The lowest BCUT2D eigenvalue weighted by Crippen LogP contribution is -2.43. The third-order valence-electron chi connectivity index (χ3n) is 5.41. The van der Waals surface area contributed by atoms with Crippen LogP contribution >= 0.6 is 0 Å². The van der Waals surface area contributed by atoms with Crippen LogP contribution in [-0.2, 0) is 14.6 Å². The van der Waals surface area contributed by atoms with Crippen molar-refractivity contribution in [2.45, 2.75) is 45.1 Å². The van der Waals surface area contributed by atoms with Crippen LogP contribution in [0.15, 0.2) is 0 Å². The summed E-state index contributed by atoms with van der Waals surface area (Å²) >= 11 is 0. The zero-order valence-corrected chi connectivity index (χ0v) is 12.3. The minimum absolute atomic E-state index is 0.0439. The highest BCUT2D eigenvalue weighted by Gasteiger charge is 2.43. The van der Waals surface area contributed by atoms with E-state index in [4.69, 9.17) is 0 Å². The third kappa shape index (κ3) is 2.67. The van der Waals surface area contributed by atoms with Crippen LogP contribution < -0.4 is 5.32 Å². The summed E-state index contributed by atoms with van der Waals surface area (Å²) in [6, 6.07) is 0.200. The molecule has 2 saturated carbocycles. The average molecular weight is 285 g/mol. The lowest BCUT2D eigenvalue weighted by Gasteiger charge is -2.29. The maximum atomic E-state index is 12.1. The zero-order valence-electron chi connectivity index (χ0n) is 11.5. The molecule has 1 heterocycles. The van der Waals surface area contributed by atoms with Gasteiger partial charge in [-0.3, -0.25) is 4.79 Å². The highest BCUT2D eigenvalue weighted by Crippen LogP contribution is 2.49. The normalized spacial score (nSPS) is 41.3. The van der Waals surface area contributed by atoms with E-state index in [0.717, 1.165) is 11.8 Å². The molecule has 1 aliphatic heterocycles. The van der Waals surface area contributed by atoms with Crippen LogP contribution in [0.4, 0.5) is 0 Å². The van der Waals surface area contributed by atoms with E-state index in [1.165, 1.54) is 25.7 Å². The van der Waals surface area contributed by atoms with Crippen LogP contribution in [0.3, 0.4) is 0 Å². The largest absolute Gasteiger partial charge is 0.353 e. The maximum Gasteiger partial charge on any atom is 0.224 e. The lowest BCUT2D eigenvalue weighted by molar-refractivity contribution is -0.125. The molecule has 0 aromatic rings. The van der Waals surface area contributed by atoms with E-state index in [1.807, 2.05) is 0 Å². The Balaban J connectivity index is 1.55. The first kappa shape index (κ1) is 13.4. The number of carbonyl (C=O) groups is 1. The Morgan fingerprint density at radius 2 is 2.00 bits per heavy atom. The molecule has 2 aliphatic carbocycles. The number of carbonyl (C=O) groups excluding carboxylic acids is 1. The number of hydrogen-bond acceptors (Lipinski definition) is 3. The van der Waals surface area contributed by atoms with E-state index in [2.05, 4.69) is 12.2 Å². The van der Waals surface area contributed by atoms with Crippen molar-refractivity contribution >= 4 is 15.7 Å². The van der Waals surface area contributed by atoms with Crippen LogP contribution in [-0.4, -0.2) is 31.9 Å². The second-order valence-electron chi connectivity index (χ2n) is 6.74. The van der Waals surface area contributed by atoms with Crippen LogP contribution in [0.5, 0.6) is 0 Å². The second kappa shape index (κ2) is 4.76. The summed E-state index contributed by atoms with van der Waals surface area (Å²) < 4.78 is 22.8. The number of hydrogen-bond donors (Lipinski definition) is 1. The molecule has 5 atom stereocenters. The Morgan fingerprint density at radius 3 is 2.53 bits per heavy atom. The monoisotopic (exact) mass is 285 g/mol. The van der Waals surface area contributed by atoms with E-state index >= 15 is 0 Å². The summed E-state index contributed by atoms with van der Waals surface area (Å²) in [5.41, 5.74) is 0. The fraction of sp³-hybridized carbons (Fsp3) is 0.929. The molecule has 3 fully saturated rings. The van der Waals surface area contributed by atoms with Crippen LogP contribution in [0.1, 0.15) is 39.0 Å². The molecular weight excluding hydrogens is 262 g/mol. The van der Waals surface area contributed by atoms with Crippen LogP contribution in [0.25, 0.3) is 0 Å². The molecule has 0 aromatic carbocycles. The lowest BCUT2D eigenvalue weighted by atomic mass is 9.84. The van der Waals surface area contributed by atoms with Crippen molar-refractivity contribution in [3.63, 3.8) is 0 Å². The maximum absolute atomic E-state index is 12.1. The van der Waals surface area contributed by atoms with E-state index in [1.54, 1.807) is 0 Å². The topological polar surface area (TPSA) is 63.2 Å². The summed E-state index contributed by atoms with van der Waals surface area (Å²) in [5, 5.41) is 3.08. The van der Waals surface area contributed by atoms with Gasteiger partial charge in [-0.25, -0.2) is 8.42 Å². The van der Waals surface area contributed by atoms with Crippen LogP contribution in [0, 0.1) is 23.7 Å². The minimum atomic E-state index is -2.96. The number of amides is 1. The van der Waals surface area contributed by atoms with E-state index in [9.17, 15) is 13.2 Å². The number of nitrogens with one attached hydrogen (secondary N) is 1. The first-order valence-corrected chi connectivity index (χ1v) is 9.27. The van der Waals surface area contributed by atoms with Crippen molar-refractivity contribution < 1.29 is 13.2 Å². The standard InChI is InChI=1S/C14H23NO3S/c1-9(13-7-10-2-3-11(13)6-10)15-14(16)12-4-5-19(17,18)8-12/h9-13H,2-8H2,1H3,(H,15,16). The second-order valence-corrected chi connectivity index (χ2v) is 8.96. The van der Waals surface area contributed by atoms with E-state index < -0.39 is 9.84 Å². The van der Waals surface area contributed by atoms with Gasteiger partial charge in [0.25, 0.3) is 0 Å². The molecule has 19 heavy (non-hydrogen) atoms. The van der Waals surface area contributed by atoms with Crippen molar-refractivity contribution in [3.8, 4) is 0 Å². The molecule has 0 aromatic heterocycles. The van der Waals surface area contributed by atoms with Crippen molar-refractivity contribution in [1.29, 1.82) is 0 Å². The molecule has 5 heteroatoms. The van der Waals surface area contributed by atoms with Crippen LogP contribution in [0.2, 0.25) is 0 Å². The summed E-state index contributed by atoms with van der Waals surface area (Å²) in [6.45, 7) is 2.09. The quantitative estimate of drug-likeness (QED) is 0.851. The highest BCUT2D eigenvalue weighted by molar-refractivity contribution is 7.91. The van der Waals surface area contributed by atoms with Gasteiger partial charge in [-0.15, -0.1) is 0 Å². The Morgan fingerprint density at radius 1 is 1.21 bits per heavy atom. The van der Waals surface area contributed by atoms with Crippen molar-refractivity contribution in [3.05, 3.63) is 0 Å². The molecule has 0 radical (unpaired) electrons. The van der Waals surface area contributed by atoms with Gasteiger partial charge in [0.15, 0.2) is 9.84 Å². The van der Waals surface area contributed by atoms with Gasteiger partial charge in [0, 0.05) is 6.04 Å². The molecule has 108 valence electrons. The molecular formula is C14H23NO3S.